The van der Waals surface area contributed by atoms with E-state index in [-0.39, 0.29) is 11.5 Å². The Hall–Kier alpha value is -3.99. The van der Waals surface area contributed by atoms with Crippen molar-refractivity contribution in [1.82, 2.24) is 25.6 Å². The van der Waals surface area contributed by atoms with Crippen molar-refractivity contribution in [3.05, 3.63) is 66.5 Å². The summed E-state index contributed by atoms with van der Waals surface area (Å²) in [5, 5.41) is 35.3. The second-order valence-electron chi connectivity index (χ2n) is 10.7. The third-order valence-corrected chi connectivity index (χ3v) is 7.17. The van der Waals surface area contributed by atoms with Crippen LogP contribution >= 0.6 is 0 Å². The van der Waals surface area contributed by atoms with E-state index < -0.39 is 0 Å². The van der Waals surface area contributed by atoms with Gasteiger partial charge in [-0.25, -0.2) is 0 Å². The monoisotopic (exact) mass is 571 g/mol. The number of hydrogen-bond donors (Lipinski definition) is 6. The smallest absolute Gasteiger partial charge is 0.232 e. The van der Waals surface area contributed by atoms with Gasteiger partial charge < -0.3 is 36.2 Å². The number of nitrogens with one attached hydrogen (secondary N) is 4. The molecule has 0 amide bonds. The molecule has 0 spiro atoms. The molecule has 4 aromatic rings. The predicted molar refractivity (Wildman–Crippen MR) is 167 cm³/mol. The first-order valence-electron chi connectivity index (χ1n) is 15.0. The highest BCUT2D eigenvalue weighted by atomic mass is 16.6. The maximum Gasteiger partial charge on any atom is 0.232 e. The van der Waals surface area contributed by atoms with Crippen molar-refractivity contribution in [2.75, 3.05) is 43.4 Å². The molecule has 42 heavy (non-hydrogen) atoms. The van der Waals surface area contributed by atoms with Crippen LogP contribution < -0.4 is 21.3 Å². The number of unbranched alkanes of at least 4 members (excludes halogenated alkanes) is 4. The van der Waals surface area contributed by atoms with Gasteiger partial charge in [-0.05, 0) is 69.6 Å². The van der Waals surface area contributed by atoms with Crippen LogP contribution in [0.3, 0.4) is 0 Å². The first-order valence-corrected chi connectivity index (χ1v) is 15.0. The van der Waals surface area contributed by atoms with Crippen molar-refractivity contribution in [3.63, 3.8) is 0 Å². The fourth-order valence-corrected chi connectivity index (χ4v) is 4.83. The van der Waals surface area contributed by atoms with Gasteiger partial charge in [-0.15, -0.1) is 0 Å². The SMILES string of the molecule is Oc1cccc(Nc2nc(CCCCCNCCCCCNCC3CO3)nc(Nc3ccc(O)c4ccccc34)n2)c1. The molecule has 0 saturated carbocycles. The van der Waals surface area contributed by atoms with Crippen LogP contribution in [0.4, 0.5) is 23.3 Å². The van der Waals surface area contributed by atoms with Gasteiger partial charge in [0.25, 0.3) is 0 Å². The second-order valence-corrected chi connectivity index (χ2v) is 10.7. The summed E-state index contributed by atoms with van der Waals surface area (Å²) in [6.07, 6.45) is 7.98. The standard InChI is InChI=1S/C32H41N7O3/c40-24-11-9-10-23(20-24)35-31-37-30(14-3-1-6-17-33-18-7-2-8-19-34-21-25-22-42-25)38-32(39-31)36-28-15-16-29(41)27-13-5-4-12-26(27)28/h4-5,9-13,15-16,20,25,33-34,40-41H,1-3,6-8,14,17-19,21-22H2,(H2,35,36,37,38,39). The van der Waals surface area contributed by atoms with Gasteiger partial charge in [0.1, 0.15) is 17.3 Å². The number of anilines is 4. The van der Waals surface area contributed by atoms with Gasteiger partial charge in [-0.3, -0.25) is 0 Å². The van der Waals surface area contributed by atoms with Crippen LogP contribution in [-0.2, 0) is 11.2 Å². The molecule has 1 aromatic heterocycles. The lowest BCUT2D eigenvalue weighted by Crippen LogP contribution is -2.21. The third kappa shape index (κ3) is 9.27. The molecule has 1 saturated heterocycles. The summed E-state index contributed by atoms with van der Waals surface area (Å²) in [6, 6.07) is 18.0. The summed E-state index contributed by atoms with van der Waals surface area (Å²) in [7, 11) is 0. The van der Waals surface area contributed by atoms with Crippen LogP contribution in [0.25, 0.3) is 10.8 Å². The fraction of sp³-hybridized carbons (Fsp3) is 0.406. The Labute approximate surface area is 247 Å². The van der Waals surface area contributed by atoms with Gasteiger partial charge in [-0.1, -0.05) is 43.2 Å². The van der Waals surface area contributed by atoms with E-state index in [0.717, 1.165) is 74.9 Å². The van der Waals surface area contributed by atoms with Crippen LogP contribution in [-0.4, -0.2) is 64.1 Å². The van der Waals surface area contributed by atoms with Crippen molar-refractivity contribution >= 4 is 34.0 Å². The van der Waals surface area contributed by atoms with Crippen molar-refractivity contribution in [1.29, 1.82) is 0 Å². The topological polar surface area (TPSA) is 140 Å². The third-order valence-electron chi connectivity index (χ3n) is 7.17. The Balaban J connectivity index is 1.12. The highest BCUT2D eigenvalue weighted by molar-refractivity contribution is 5.98. The minimum absolute atomic E-state index is 0.160. The molecule has 1 atom stereocenters. The van der Waals surface area contributed by atoms with E-state index in [1.807, 2.05) is 36.4 Å². The maximum absolute atomic E-state index is 10.3. The molecule has 1 unspecified atom stereocenters. The van der Waals surface area contributed by atoms with Gasteiger partial charge >= 0.3 is 0 Å². The molecule has 0 bridgehead atoms. The molecule has 222 valence electrons. The van der Waals surface area contributed by atoms with Crippen molar-refractivity contribution in [2.45, 2.75) is 51.0 Å². The number of phenolic OH excluding ortho intramolecular Hbond substituents is 2. The number of epoxide rings is 1. The van der Waals surface area contributed by atoms with Crippen LogP contribution in [0.2, 0.25) is 0 Å². The minimum Gasteiger partial charge on any atom is -0.508 e. The Morgan fingerprint density at radius 2 is 1.43 bits per heavy atom. The number of aromatic hydroxyl groups is 2. The predicted octanol–water partition coefficient (Wildman–Crippen LogP) is 5.38. The molecular formula is C32H41N7O3. The molecule has 1 aliphatic rings. The summed E-state index contributed by atoms with van der Waals surface area (Å²) in [6.45, 7) is 5.06. The highest BCUT2D eigenvalue weighted by Gasteiger charge is 2.20. The molecule has 5 rings (SSSR count). The maximum atomic E-state index is 10.3. The van der Waals surface area contributed by atoms with E-state index in [1.54, 1.807) is 24.3 Å². The quantitative estimate of drug-likeness (QED) is 0.0524. The lowest BCUT2D eigenvalue weighted by Gasteiger charge is -2.13. The first kappa shape index (κ1) is 29.5. The van der Waals surface area contributed by atoms with Gasteiger partial charge in [0, 0.05) is 41.2 Å². The van der Waals surface area contributed by atoms with Crippen LogP contribution in [0.1, 0.15) is 44.3 Å². The number of ether oxygens (including phenoxy) is 1. The summed E-state index contributed by atoms with van der Waals surface area (Å²) in [4.78, 5) is 14.0. The van der Waals surface area contributed by atoms with Gasteiger partial charge in [0.05, 0.1) is 12.7 Å². The van der Waals surface area contributed by atoms with E-state index in [1.165, 1.54) is 19.3 Å². The van der Waals surface area contributed by atoms with Crippen LogP contribution in [0, 0.1) is 0 Å². The molecule has 0 radical (unpaired) electrons. The molecule has 10 heteroatoms. The molecule has 3 aromatic carbocycles. The number of fused-ring (bicyclic) bond motifs is 1. The molecular weight excluding hydrogens is 530 g/mol. The minimum atomic E-state index is 0.160. The van der Waals surface area contributed by atoms with Crippen LogP contribution in [0.5, 0.6) is 11.5 Å². The lowest BCUT2D eigenvalue weighted by molar-refractivity contribution is 0.395. The zero-order valence-electron chi connectivity index (χ0n) is 24.0. The summed E-state index contributed by atoms with van der Waals surface area (Å²) >= 11 is 0. The largest absolute Gasteiger partial charge is 0.508 e. The zero-order valence-corrected chi connectivity index (χ0v) is 24.0. The molecule has 1 aliphatic heterocycles. The van der Waals surface area contributed by atoms with Gasteiger partial charge in [0.15, 0.2) is 0 Å². The molecule has 2 heterocycles. The van der Waals surface area contributed by atoms with Crippen molar-refractivity contribution < 1.29 is 14.9 Å². The lowest BCUT2D eigenvalue weighted by atomic mass is 10.1. The normalized spacial score (nSPS) is 14.2. The Morgan fingerprint density at radius 1 is 0.714 bits per heavy atom. The molecule has 1 fully saturated rings. The van der Waals surface area contributed by atoms with Gasteiger partial charge in [0.2, 0.25) is 11.9 Å². The van der Waals surface area contributed by atoms with E-state index in [9.17, 15) is 10.2 Å². The Kier molecular flexibility index (Phi) is 10.7. The zero-order chi connectivity index (χ0) is 29.0. The second kappa shape index (κ2) is 15.3. The number of nitrogens with zero attached hydrogens (tertiary/aromatic N) is 3. The average Bonchev–Trinajstić information content (AvgIpc) is 3.82. The van der Waals surface area contributed by atoms with E-state index >= 15 is 0 Å². The van der Waals surface area contributed by atoms with Crippen molar-refractivity contribution in [3.8, 4) is 11.5 Å². The van der Waals surface area contributed by atoms with Crippen molar-refractivity contribution in [2.24, 2.45) is 0 Å². The molecule has 10 nitrogen and oxygen atoms in total. The summed E-state index contributed by atoms with van der Waals surface area (Å²) in [5.74, 6) is 1.88. The number of rotatable bonds is 18. The van der Waals surface area contributed by atoms with Crippen LogP contribution in [0.15, 0.2) is 60.7 Å². The van der Waals surface area contributed by atoms with Gasteiger partial charge in [-0.2, -0.15) is 15.0 Å². The summed E-state index contributed by atoms with van der Waals surface area (Å²) < 4.78 is 5.20. The number of benzene rings is 3. The number of aryl methyl sites for hydroxylation is 1. The number of aromatic nitrogens is 3. The number of hydrogen-bond acceptors (Lipinski definition) is 10. The van der Waals surface area contributed by atoms with E-state index in [4.69, 9.17) is 9.72 Å². The van der Waals surface area contributed by atoms with E-state index in [0.29, 0.717) is 29.5 Å². The number of phenols is 2. The Bertz CT molecular complexity index is 1430. The fourth-order valence-electron chi connectivity index (χ4n) is 4.83. The molecule has 6 N–H and O–H groups in total. The summed E-state index contributed by atoms with van der Waals surface area (Å²) in [5.41, 5.74) is 1.47. The highest BCUT2D eigenvalue weighted by Crippen LogP contribution is 2.32. The average molecular weight is 572 g/mol. The first-order chi connectivity index (χ1) is 20.6. The Morgan fingerprint density at radius 3 is 2.19 bits per heavy atom. The molecule has 0 aliphatic carbocycles. The van der Waals surface area contributed by atoms with E-state index in [2.05, 4.69) is 31.2 Å².